The number of carbonyl (C=O) groups is 1. The van der Waals surface area contributed by atoms with Crippen molar-refractivity contribution in [3.63, 3.8) is 0 Å². The monoisotopic (exact) mass is 298 g/mol. The number of alkyl halides is 3. The van der Waals surface area contributed by atoms with Crippen molar-refractivity contribution < 1.29 is 18.0 Å². The van der Waals surface area contributed by atoms with E-state index in [-0.39, 0.29) is 0 Å². The number of carbonyl (C=O) groups excluding carboxylic acids is 1. The zero-order chi connectivity index (χ0) is 14.9. The van der Waals surface area contributed by atoms with Gasteiger partial charge in [0, 0.05) is 10.6 Å². The Morgan fingerprint density at radius 3 is 2.40 bits per heavy atom. The Morgan fingerprint density at radius 2 is 1.80 bits per heavy atom. The molecule has 0 unspecified atom stereocenters. The second kappa shape index (κ2) is 5.29. The zero-order valence-corrected chi connectivity index (χ0v) is 11.2. The average molecular weight is 299 g/mol. The van der Waals surface area contributed by atoms with E-state index in [2.05, 4.69) is 0 Å². The Hall–Kier alpha value is -1.81. The topological polar surface area (TPSA) is 17.1 Å². The molecule has 0 fully saturated rings. The molecule has 20 heavy (non-hydrogen) atoms. The quantitative estimate of drug-likeness (QED) is 0.701. The maximum atomic E-state index is 12.7. The lowest BCUT2D eigenvalue weighted by Crippen LogP contribution is -2.04. The molecule has 0 bridgehead atoms. The number of aldehydes is 1. The summed E-state index contributed by atoms with van der Waals surface area (Å²) >= 11 is 6.00. The van der Waals surface area contributed by atoms with Gasteiger partial charge in [0.05, 0.1) is 5.56 Å². The van der Waals surface area contributed by atoms with Crippen LogP contribution >= 0.6 is 11.6 Å². The van der Waals surface area contributed by atoms with E-state index < -0.39 is 11.7 Å². The van der Waals surface area contributed by atoms with E-state index >= 15 is 0 Å². The van der Waals surface area contributed by atoms with Crippen LogP contribution in [0.4, 0.5) is 13.2 Å². The predicted octanol–water partition coefficient (Wildman–Crippen LogP) is 5.15. The molecule has 104 valence electrons. The van der Waals surface area contributed by atoms with E-state index in [0.29, 0.717) is 33.6 Å². The lowest BCUT2D eigenvalue weighted by Gasteiger charge is -2.11. The third-order valence-corrected chi connectivity index (χ3v) is 3.43. The smallest absolute Gasteiger partial charge is 0.298 e. The number of hydrogen-bond acceptors (Lipinski definition) is 1. The molecule has 0 saturated heterocycles. The molecule has 0 spiro atoms. The molecule has 1 nitrogen and oxygen atoms in total. The molecular weight excluding hydrogens is 289 g/mol. The fourth-order valence-corrected chi connectivity index (χ4v) is 2.09. The van der Waals surface area contributed by atoms with Crippen LogP contribution in [0.3, 0.4) is 0 Å². The summed E-state index contributed by atoms with van der Waals surface area (Å²) in [5, 5.41) is 0.349. The van der Waals surface area contributed by atoms with Crippen LogP contribution in [-0.2, 0) is 6.18 Å². The standard InChI is InChI=1S/C15H10ClF3O/c1-9-12(8-20)5-11(7-14(9)16)10-3-2-4-13(6-10)15(17,18)19/h2-8H,1H3. The SMILES string of the molecule is Cc1c(Cl)cc(-c2cccc(C(F)(F)F)c2)cc1C=O. The fourth-order valence-electron chi connectivity index (χ4n) is 1.86. The Balaban J connectivity index is 2.57. The van der Waals surface area contributed by atoms with Crippen molar-refractivity contribution in [1.82, 2.24) is 0 Å². The van der Waals surface area contributed by atoms with E-state index in [1.807, 2.05) is 0 Å². The molecule has 0 saturated carbocycles. The number of halogens is 4. The average Bonchev–Trinajstić information content (AvgIpc) is 2.41. The Morgan fingerprint density at radius 1 is 1.10 bits per heavy atom. The van der Waals surface area contributed by atoms with Crippen LogP contribution in [0, 0.1) is 6.92 Å². The van der Waals surface area contributed by atoms with Crippen molar-refractivity contribution in [2.75, 3.05) is 0 Å². The normalized spacial score (nSPS) is 11.4. The second-order valence-corrected chi connectivity index (χ2v) is 4.78. The Labute approximate surface area is 119 Å². The first-order valence-corrected chi connectivity index (χ1v) is 6.13. The van der Waals surface area contributed by atoms with Crippen molar-refractivity contribution in [2.24, 2.45) is 0 Å². The summed E-state index contributed by atoms with van der Waals surface area (Å²) < 4.78 is 38.1. The third-order valence-electron chi connectivity index (χ3n) is 3.03. The van der Waals surface area contributed by atoms with E-state index in [1.54, 1.807) is 19.1 Å². The second-order valence-electron chi connectivity index (χ2n) is 4.37. The van der Waals surface area contributed by atoms with Crippen LogP contribution in [0.1, 0.15) is 21.5 Å². The highest BCUT2D eigenvalue weighted by molar-refractivity contribution is 6.32. The first-order chi connectivity index (χ1) is 9.32. The molecule has 0 heterocycles. The summed E-state index contributed by atoms with van der Waals surface area (Å²) in [5.41, 5.74) is 1.08. The Kier molecular flexibility index (Phi) is 3.86. The number of rotatable bonds is 2. The molecular formula is C15H10ClF3O. The van der Waals surface area contributed by atoms with E-state index in [0.717, 1.165) is 12.1 Å². The van der Waals surface area contributed by atoms with Gasteiger partial charge in [0.15, 0.2) is 0 Å². The lowest BCUT2D eigenvalue weighted by atomic mass is 9.98. The molecule has 2 aromatic rings. The van der Waals surface area contributed by atoms with Gasteiger partial charge >= 0.3 is 6.18 Å². The van der Waals surface area contributed by atoms with E-state index in [1.165, 1.54) is 12.1 Å². The van der Waals surface area contributed by atoms with Crippen molar-refractivity contribution in [3.8, 4) is 11.1 Å². The van der Waals surface area contributed by atoms with Gasteiger partial charge < -0.3 is 0 Å². The molecule has 0 radical (unpaired) electrons. The minimum atomic E-state index is -4.40. The molecule has 0 atom stereocenters. The van der Waals surface area contributed by atoms with E-state index in [9.17, 15) is 18.0 Å². The summed E-state index contributed by atoms with van der Waals surface area (Å²) in [6, 6.07) is 8.00. The van der Waals surface area contributed by atoms with Crippen LogP contribution in [0.5, 0.6) is 0 Å². The van der Waals surface area contributed by atoms with Gasteiger partial charge in [0.2, 0.25) is 0 Å². The van der Waals surface area contributed by atoms with Crippen molar-refractivity contribution in [3.05, 3.63) is 58.1 Å². The van der Waals surface area contributed by atoms with Crippen LogP contribution in [0.15, 0.2) is 36.4 Å². The van der Waals surface area contributed by atoms with Crippen LogP contribution < -0.4 is 0 Å². The highest BCUT2D eigenvalue weighted by atomic mass is 35.5. The minimum Gasteiger partial charge on any atom is -0.298 e. The minimum absolute atomic E-state index is 0.349. The summed E-state index contributed by atoms with van der Waals surface area (Å²) in [5.74, 6) is 0. The first-order valence-electron chi connectivity index (χ1n) is 5.76. The van der Waals surface area contributed by atoms with Gasteiger partial charge in [-0.25, -0.2) is 0 Å². The lowest BCUT2D eigenvalue weighted by molar-refractivity contribution is -0.137. The van der Waals surface area contributed by atoms with E-state index in [4.69, 9.17) is 11.6 Å². The molecule has 0 aliphatic carbocycles. The summed E-state index contributed by atoms with van der Waals surface area (Å²) in [6.07, 6.45) is -3.77. The van der Waals surface area contributed by atoms with Crippen molar-refractivity contribution >= 4 is 17.9 Å². The highest BCUT2D eigenvalue weighted by Gasteiger charge is 2.30. The van der Waals surface area contributed by atoms with Crippen LogP contribution in [0.2, 0.25) is 5.02 Å². The number of hydrogen-bond donors (Lipinski definition) is 0. The largest absolute Gasteiger partial charge is 0.416 e. The van der Waals surface area contributed by atoms with Gasteiger partial charge in [0.25, 0.3) is 0 Å². The summed E-state index contributed by atoms with van der Waals surface area (Å²) in [7, 11) is 0. The fraction of sp³-hybridized carbons (Fsp3) is 0.133. The molecule has 2 aromatic carbocycles. The molecule has 0 N–H and O–H groups in total. The molecule has 0 aromatic heterocycles. The predicted molar refractivity (Wildman–Crippen MR) is 72.0 cm³/mol. The first kappa shape index (κ1) is 14.6. The van der Waals surface area contributed by atoms with Crippen molar-refractivity contribution in [2.45, 2.75) is 13.1 Å². The highest BCUT2D eigenvalue weighted by Crippen LogP contribution is 2.33. The van der Waals surface area contributed by atoms with Gasteiger partial charge in [-0.15, -0.1) is 0 Å². The molecule has 5 heteroatoms. The summed E-state index contributed by atoms with van der Waals surface area (Å²) in [4.78, 5) is 11.0. The molecule has 0 amide bonds. The third kappa shape index (κ3) is 2.85. The van der Waals surface area contributed by atoms with Crippen LogP contribution in [-0.4, -0.2) is 6.29 Å². The van der Waals surface area contributed by atoms with Gasteiger partial charge in [-0.05, 0) is 47.9 Å². The van der Waals surface area contributed by atoms with Crippen LogP contribution in [0.25, 0.3) is 11.1 Å². The van der Waals surface area contributed by atoms with Gasteiger partial charge in [0.1, 0.15) is 6.29 Å². The maximum Gasteiger partial charge on any atom is 0.416 e. The zero-order valence-electron chi connectivity index (χ0n) is 10.5. The Bertz CT molecular complexity index is 663. The maximum absolute atomic E-state index is 12.7. The molecule has 0 aliphatic rings. The van der Waals surface area contributed by atoms with Gasteiger partial charge in [-0.1, -0.05) is 23.7 Å². The van der Waals surface area contributed by atoms with Gasteiger partial charge in [-0.3, -0.25) is 4.79 Å². The molecule has 0 aliphatic heterocycles. The molecule has 2 rings (SSSR count). The summed E-state index contributed by atoms with van der Waals surface area (Å²) in [6.45, 7) is 1.68. The number of benzene rings is 2. The van der Waals surface area contributed by atoms with Gasteiger partial charge in [-0.2, -0.15) is 13.2 Å². The van der Waals surface area contributed by atoms with Crippen molar-refractivity contribution in [1.29, 1.82) is 0 Å².